The van der Waals surface area contributed by atoms with E-state index in [9.17, 15) is 19.5 Å². The van der Waals surface area contributed by atoms with Crippen molar-refractivity contribution in [1.82, 2.24) is 5.32 Å². The lowest BCUT2D eigenvalue weighted by Crippen LogP contribution is -2.60. The Morgan fingerprint density at radius 2 is 1.86 bits per heavy atom. The molecule has 1 saturated carbocycles. The van der Waals surface area contributed by atoms with Crippen molar-refractivity contribution in [3.05, 3.63) is 60.2 Å². The lowest BCUT2D eigenvalue weighted by atomic mass is 9.51. The van der Waals surface area contributed by atoms with Crippen molar-refractivity contribution >= 4 is 17.7 Å². The van der Waals surface area contributed by atoms with Gasteiger partial charge in [-0.2, -0.15) is 0 Å². The fraction of sp³-hybridized carbons (Fsp3) is 0.567. The van der Waals surface area contributed by atoms with Gasteiger partial charge in [-0.25, -0.2) is 0 Å². The average Bonchev–Trinajstić information content (AvgIpc) is 3.46. The molecule has 0 aromatic heterocycles. The third kappa shape index (κ3) is 3.98. The van der Waals surface area contributed by atoms with Crippen LogP contribution < -0.4 is 5.32 Å². The molecule has 2 N–H and O–H groups in total. The van der Waals surface area contributed by atoms with Crippen LogP contribution in [0.25, 0.3) is 0 Å². The Hall–Kier alpha value is -2.77. The first-order valence-electron chi connectivity index (χ1n) is 13.3. The van der Waals surface area contributed by atoms with E-state index in [1.54, 1.807) is 13.0 Å². The average molecular weight is 508 g/mol. The first kappa shape index (κ1) is 25.9. The van der Waals surface area contributed by atoms with Gasteiger partial charge in [-0.1, -0.05) is 56.3 Å². The number of ketones is 1. The Morgan fingerprint density at radius 1 is 1.16 bits per heavy atom. The molecule has 1 aromatic rings. The summed E-state index contributed by atoms with van der Waals surface area (Å²) in [5.41, 5.74) is -2.24. The fourth-order valence-electron chi connectivity index (χ4n) is 7.33. The number of carbonyl (C=O) groups is 3. The van der Waals surface area contributed by atoms with Gasteiger partial charge >= 0.3 is 5.97 Å². The van der Waals surface area contributed by atoms with Crippen molar-refractivity contribution in [2.75, 3.05) is 0 Å². The zero-order valence-corrected chi connectivity index (χ0v) is 22.1. The predicted molar refractivity (Wildman–Crippen MR) is 137 cm³/mol. The maximum atomic E-state index is 14.3. The summed E-state index contributed by atoms with van der Waals surface area (Å²) in [6.07, 6.45) is 6.72. The van der Waals surface area contributed by atoms with Crippen LogP contribution in [0.2, 0.25) is 0 Å². The van der Waals surface area contributed by atoms with Gasteiger partial charge in [0.2, 0.25) is 5.91 Å². The highest BCUT2D eigenvalue weighted by molar-refractivity contribution is 5.91. The van der Waals surface area contributed by atoms with E-state index in [2.05, 4.69) is 19.2 Å². The maximum Gasteiger partial charge on any atom is 0.303 e. The smallest absolute Gasteiger partial charge is 0.303 e. The zero-order valence-electron chi connectivity index (χ0n) is 22.1. The van der Waals surface area contributed by atoms with Crippen LogP contribution in [0.15, 0.2) is 54.6 Å². The van der Waals surface area contributed by atoms with E-state index >= 15 is 0 Å². The molecule has 1 amide bonds. The second kappa shape index (κ2) is 8.91. The van der Waals surface area contributed by atoms with Gasteiger partial charge in [-0.15, -0.1) is 0 Å². The van der Waals surface area contributed by atoms with Crippen LogP contribution in [0.5, 0.6) is 0 Å². The monoisotopic (exact) mass is 507 g/mol. The number of ether oxygens (including phenoxy) is 2. The largest absolute Gasteiger partial charge is 0.457 e. The molecule has 1 unspecified atom stereocenters. The topological polar surface area (TPSA) is 105 Å². The molecule has 2 saturated heterocycles. The Bertz CT molecular complexity index is 1160. The number of benzene rings is 1. The van der Waals surface area contributed by atoms with E-state index in [1.807, 2.05) is 42.5 Å². The first-order chi connectivity index (χ1) is 17.4. The number of fused-ring (bicyclic) bond motifs is 2. The number of rotatable bonds is 3. The van der Waals surface area contributed by atoms with Crippen LogP contribution in [0.3, 0.4) is 0 Å². The van der Waals surface area contributed by atoms with Crippen LogP contribution in [0, 0.1) is 29.1 Å². The number of Topliss-reactive ketones (excluding diaryl/α,β-unsaturated/α-hetero) is 1. The summed E-state index contributed by atoms with van der Waals surface area (Å²) in [4.78, 5) is 39.7. The third-order valence-electron chi connectivity index (χ3n) is 9.34. The summed E-state index contributed by atoms with van der Waals surface area (Å²) in [5.74, 6) is -2.10. The Morgan fingerprint density at radius 3 is 2.54 bits per heavy atom. The summed E-state index contributed by atoms with van der Waals surface area (Å²) < 4.78 is 12.3. The molecule has 10 atom stereocenters. The van der Waals surface area contributed by atoms with E-state index in [-0.39, 0.29) is 41.6 Å². The van der Waals surface area contributed by atoms with E-state index in [1.165, 1.54) is 19.9 Å². The highest BCUT2D eigenvalue weighted by atomic mass is 16.6. The van der Waals surface area contributed by atoms with Gasteiger partial charge in [0.25, 0.3) is 0 Å². The number of aliphatic hydroxyl groups is 1. The summed E-state index contributed by atoms with van der Waals surface area (Å²) in [7, 11) is 0. The summed E-state index contributed by atoms with van der Waals surface area (Å²) in [6, 6.07) is 9.82. The van der Waals surface area contributed by atoms with E-state index in [4.69, 9.17) is 9.47 Å². The highest BCUT2D eigenvalue weighted by Crippen LogP contribution is 2.67. The molecule has 2 heterocycles. The molecule has 3 fully saturated rings. The second-order valence-corrected chi connectivity index (χ2v) is 11.7. The van der Waals surface area contributed by atoms with Gasteiger partial charge in [0, 0.05) is 30.7 Å². The molecule has 198 valence electrons. The first-order valence-corrected chi connectivity index (χ1v) is 13.3. The summed E-state index contributed by atoms with van der Waals surface area (Å²) in [5, 5.41) is 14.3. The minimum absolute atomic E-state index is 0.0209. The van der Waals surface area contributed by atoms with Gasteiger partial charge in [-0.3, -0.25) is 14.4 Å². The van der Waals surface area contributed by atoms with Crippen molar-refractivity contribution in [2.45, 2.75) is 76.9 Å². The van der Waals surface area contributed by atoms with Crippen molar-refractivity contribution in [3.63, 3.8) is 0 Å². The van der Waals surface area contributed by atoms with Gasteiger partial charge in [0.15, 0.2) is 5.78 Å². The number of hydrogen-bond acceptors (Lipinski definition) is 6. The quantitative estimate of drug-likeness (QED) is 0.370. The minimum Gasteiger partial charge on any atom is -0.457 e. The SMILES string of the molecule is CC(=O)O[C@@H]1/C=C/[C@@](C)(O)C(=O)[C@@H](C)C/C=C/[C@H]2[C@@H]3O[C@]3(C)[C@H](C)C3[C@H](Cc4ccccc4)NC(=O)[C@@]312. The van der Waals surface area contributed by atoms with Crippen LogP contribution >= 0.6 is 0 Å². The second-order valence-electron chi connectivity index (χ2n) is 11.7. The predicted octanol–water partition coefficient (Wildman–Crippen LogP) is 3.16. The highest BCUT2D eigenvalue weighted by Gasteiger charge is 2.78. The summed E-state index contributed by atoms with van der Waals surface area (Å²) in [6.45, 7) is 8.76. The number of esters is 1. The number of allylic oxidation sites excluding steroid dienone is 1. The molecule has 0 radical (unpaired) electrons. The lowest BCUT2D eigenvalue weighted by Gasteiger charge is -2.49. The van der Waals surface area contributed by atoms with Crippen molar-refractivity contribution in [3.8, 4) is 0 Å². The number of hydrogen-bond donors (Lipinski definition) is 2. The van der Waals surface area contributed by atoms with Crippen LogP contribution in [-0.2, 0) is 30.3 Å². The molecule has 37 heavy (non-hydrogen) atoms. The minimum atomic E-state index is -1.76. The molecule has 4 aliphatic rings. The van der Waals surface area contributed by atoms with Crippen LogP contribution in [-0.4, -0.2) is 52.2 Å². The number of nitrogens with one attached hydrogen (secondary N) is 1. The van der Waals surface area contributed by atoms with Gasteiger partial charge in [-0.05, 0) is 50.3 Å². The molecule has 1 aromatic carbocycles. The Labute approximate surface area is 218 Å². The van der Waals surface area contributed by atoms with Crippen molar-refractivity contribution in [2.24, 2.45) is 29.1 Å². The molecule has 5 rings (SSSR count). The van der Waals surface area contributed by atoms with E-state index < -0.39 is 34.6 Å². The lowest BCUT2D eigenvalue weighted by molar-refractivity contribution is -0.162. The van der Waals surface area contributed by atoms with E-state index in [0.29, 0.717) is 12.8 Å². The van der Waals surface area contributed by atoms with Crippen LogP contribution in [0.4, 0.5) is 0 Å². The van der Waals surface area contributed by atoms with Gasteiger partial charge in [0.05, 0.1) is 11.7 Å². The van der Waals surface area contributed by atoms with Crippen LogP contribution in [0.1, 0.15) is 46.6 Å². The third-order valence-corrected chi connectivity index (χ3v) is 9.34. The standard InChI is InChI=1S/C30H37NO6/c1-17-10-9-13-21-26-29(5,37-26)18(2)24-22(16-20-11-7-6-8-12-20)31-27(34)30(21,24)23(36-19(3)32)14-15-28(4,35)25(17)33/h6-9,11-15,17-18,21-24,26,35H,10,16H2,1-5H3,(H,31,34)/b13-9+,15-14+/t17-,18+,21-,22-,23+,24?,26-,28+,29+,30+/m0/s1. The van der Waals surface area contributed by atoms with Gasteiger partial charge in [0.1, 0.15) is 17.1 Å². The molecule has 0 bridgehead atoms. The van der Waals surface area contributed by atoms with Crippen molar-refractivity contribution in [1.29, 1.82) is 0 Å². The molecular formula is C30H37NO6. The maximum absolute atomic E-state index is 14.3. The Kier molecular flexibility index (Phi) is 6.23. The number of epoxide rings is 1. The van der Waals surface area contributed by atoms with Crippen molar-refractivity contribution < 1.29 is 29.0 Å². The molecule has 1 spiro atoms. The molecule has 7 heteroatoms. The Balaban J connectivity index is 1.70. The molecular weight excluding hydrogens is 470 g/mol. The fourth-order valence-corrected chi connectivity index (χ4v) is 7.33. The number of amides is 1. The number of carbonyl (C=O) groups excluding carboxylic acids is 3. The molecule has 7 nitrogen and oxygen atoms in total. The zero-order chi connectivity index (χ0) is 26.8. The normalized spacial score (nSPS) is 46.4. The summed E-state index contributed by atoms with van der Waals surface area (Å²) >= 11 is 0. The van der Waals surface area contributed by atoms with E-state index in [0.717, 1.165) is 5.56 Å². The molecule has 2 aliphatic heterocycles. The van der Waals surface area contributed by atoms with Gasteiger partial charge < -0.3 is 19.9 Å². The molecule has 2 aliphatic carbocycles.